The molecular formula is C18H17F2N3O3. The molecule has 136 valence electrons. The molecule has 0 fully saturated rings. The van der Waals surface area contributed by atoms with Crippen LogP contribution in [0.3, 0.4) is 0 Å². The third kappa shape index (κ3) is 3.79. The predicted octanol–water partition coefficient (Wildman–Crippen LogP) is 3.49. The Bertz CT molecular complexity index is 884. The van der Waals surface area contributed by atoms with E-state index in [0.717, 1.165) is 11.3 Å². The number of ether oxygens (including phenoxy) is 2. The van der Waals surface area contributed by atoms with Gasteiger partial charge in [-0.15, -0.1) is 0 Å². The van der Waals surface area contributed by atoms with Gasteiger partial charge in [0, 0.05) is 24.4 Å². The van der Waals surface area contributed by atoms with Crippen molar-refractivity contribution >= 4 is 17.9 Å². The average molecular weight is 361 g/mol. The van der Waals surface area contributed by atoms with Crippen molar-refractivity contribution in [3.05, 3.63) is 53.0 Å². The lowest BCUT2D eigenvalue weighted by Crippen LogP contribution is -2.06. The van der Waals surface area contributed by atoms with Gasteiger partial charge in [-0.3, -0.25) is 4.68 Å². The minimum absolute atomic E-state index is 0.0152. The normalized spacial score (nSPS) is 15.7. The Balaban J connectivity index is 1.87. The number of halogens is 2. The van der Waals surface area contributed by atoms with E-state index in [-0.39, 0.29) is 23.3 Å². The highest BCUT2D eigenvalue weighted by Crippen LogP contribution is 2.24. The van der Waals surface area contributed by atoms with E-state index in [2.05, 4.69) is 14.8 Å². The van der Waals surface area contributed by atoms with Gasteiger partial charge in [-0.25, -0.2) is 9.79 Å². The van der Waals surface area contributed by atoms with Crippen LogP contribution in [0, 0.1) is 0 Å². The highest BCUT2D eigenvalue weighted by atomic mass is 19.3. The van der Waals surface area contributed by atoms with E-state index in [1.54, 1.807) is 24.0 Å². The number of alkyl halides is 2. The molecule has 1 aliphatic rings. The van der Waals surface area contributed by atoms with Gasteiger partial charge in [0.05, 0.1) is 5.69 Å². The Morgan fingerprint density at radius 3 is 2.54 bits per heavy atom. The molecule has 0 radical (unpaired) electrons. The van der Waals surface area contributed by atoms with Gasteiger partial charge in [-0.1, -0.05) is 13.8 Å². The molecule has 26 heavy (non-hydrogen) atoms. The quantitative estimate of drug-likeness (QED) is 0.604. The summed E-state index contributed by atoms with van der Waals surface area (Å²) in [6.45, 7) is 1.12. The van der Waals surface area contributed by atoms with Crippen LogP contribution in [0.1, 0.15) is 36.6 Å². The van der Waals surface area contributed by atoms with Gasteiger partial charge in [0.1, 0.15) is 5.75 Å². The zero-order valence-electron chi connectivity index (χ0n) is 14.4. The molecule has 0 spiro atoms. The minimum Gasteiger partial charge on any atom is -0.435 e. The topological polar surface area (TPSA) is 65.7 Å². The predicted molar refractivity (Wildman–Crippen MR) is 91.0 cm³/mol. The lowest BCUT2D eigenvalue weighted by molar-refractivity contribution is -0.129. The van der Waals surface area contributed by atoms with Crippen molar-refractivity contribution in [3.63, 3.8) is 0 Å². The van der Waals surface area contributed by atoms with E-state index in [4.69, 9.17) is 4.74 Å². The maximum absolute atomic E-state index is 12.2. The van der Waals surface area contributed by atoms with Gasteiger partial charge in [0.15, 0.2) is 5.70 Å². The number of nitrogens with zero attached hydrogens (tertiary/aromatic N) is 3. The highest BCUT2D eigenvalue weighted by Gasteiger charge is 2.25. The molecule has 0 saturated carbocycles. The van der Waals surface area contributed by atoms with Gasteiger partial charge in [0.2, 0.25) is 5.90 Å². The fourth-order valence-corrected chi connectivity index (χ4v) is 2.54. The maximum atomic E-state index is 12.2. The number of aliphatic imine (C=N–C) groups is 1. The van der Waals surface area contributed by atoms with Crippen molar-refractivity contribution in [1.82, 2.24) is 9.78 Å². The number of rotatable bonds is 5. The van der Waals surface area contributed by atoms with E-state index in [0.29, 0.717) is 5.56 Å². The third-order valence-electron chi connectivity index (χ3n) is 3.67. The van der Waals surface area contributed by atoms with E-state index in [9.17, 15) is 13.6 Å². The van der Waals surface area contributed by atoms with Gasteiger partial charge in [0.25, 0.3) is 0 Å². The number of benzene rings is 1. The molecule has 1 aliphatic heterocycles. The largest absolute Gasteiger partial charge is 0.435 e. The van der Waals surface area contributed by atoms with E-state index in [1.165, 1.54) is 24.3 Å². The van der Waals surface area contributed by atoms with Crippen LogP contribution in [0.2, 0.25) is 0 Å². The molecule has 2 heterocycles. The van der Waals surface area contributed by atoms with Crippen LogP contribution in [0.5, 0.6) is 5.75 Å². The van der Waals surface area contributed by atoms with Gasteiger partial charge in [-0.05, 0) is 36.3 Å². The molecule has 0 N–H and O–H groups in total. The van der Waals surface area contributed by atoms with Crippen LogP contribution in [0.25, 0.3) is 6.08 Å². The second-order valence-corrected chi connectivity index (χ2v) is 6.04. The second-order valence-electron chi connectivity index (χ2n) is 6.04. The number of hydrogen-bond donors (Lipinski definition) is 0. The van der Waals surface area contributed by atoms with Gasteiger partial charge >= 0.3 is 12.6 Å². The standard InChI is InChI=1S/C18H17F2N3O3/c1-10(2)15-12(9-23(3)22-15)8-14-17(24)26-16(21-14)11-4-6-13(7-5-11)25-18(19)20/h4-10,18H,1-3H3. The number of aromatic nitrogens is 2. The zero-order valence-corrected chi connectivity index (χ0v) is 14.4. The van der Waals surface area contributed by atoms with Crippen molar-refractivity contribution in [3.8, 4) is 5.75 Å². The Labute approximate surface area is 148 Å². The van der Waals surface area contributed by atoms with Crippen LogP contribution < -0.4 is 4.74 Å². The summed E-state index contributed by atoms with van der Waals surface area (Å²) >= 11 is 0. The summed E-state index contributed by atoms with van der Waals surface area (Å²) in [6.07, 6.45) is 3.44. The van der Waals surface area contributed by atoms with Crippen molar-refractivity contribution in [2.75, 3.05) is 0 Å². The molecule has 1 aromatic heterocycles. The monoisotopic (exact) mass is 361 g/mol. The first kappa shape index (κ1) is 17.8. The molecule has 0 aliphatic carbocycles. The maximum Gasteiger partial charge on any atom is 0.387 e. The number of hydrogen-bond acceptors (Lipinski definition) is 5. The van der Waals surface area contributed by atoms with Crippen molar-refractivity contribution in [2.45, 2.75) is 26.4 Å². The first-order valence-electron chi connectivity index (χ1n) is 7.95. The number of cyclic esters (lactones) is 1. The molecular weight excluding hydrogens is 344 g/mol. The number of carbonyl (C=O) groups is 1. The Kier molecular flexibility index (Phi) is 4.83. The average Bonchev–Trinajstić information content (AvgIpc) is 3.11. The molecule has 8 heteroatoms. The number of esters is 1. The van der Waals surface area contributed by atoms with E-state index >= 15 is 0 Å². The SMILES string of the molecule is CC(C)c1nn(C)cc1C=C1N=C(c2ccc(OC(F)F)cc2)OC1=O. The van der Waals surface area contributed by atoms with Gasteiger partial charge < -0.3 is 9.47 Å². The molecule has 3 rings (SSSR count). The molecule has 1 aromatic carbocycles. The lowest BCUT2D eigenvalue weighted by atomic mass is 10.1. The number of aryl methyl sites for hydroxylation is 1. The summed E-state index contributed by atoms with van der Waals surface area (Å²) < 4.78 is 35.5. The molecule has 0 unspecified atom stereocenters. The van der Waals surface area contributed by atoms with Crippen molar-refractivity contribution in [2.24, 2.45) is 12.0 Å². The lowest BCUT2D eigenvalue weighted by Gasteiger charge is -2.04. The summed E-state index contributed by atoms with van der Waals surface area (Å²) in [7, 11) is 1.80. The zero-order chi connectivity index (χ0) is 18.8. The Morgan fingerprint density at radius 1 is 1.23 bits per heavy atom. The van der Waals surface area contributed by atoms with Crippen molar-refractivity contribution in [1.29, 1.82) is 0 Å². The first-order chi connectivity index (χ1) is 12.3. The van der Waals surface area contributed by atoms with E-state index < -0.39 is 12.6 Å². The molecule has 0 saturated heterocycles. The molecule has 6 nitrogen and oxygen atoms in total. The smallest absolute Gasteiger partial charge is 0.387 e. The highest BCUT2D eigenvalue weighted by molar-refractivity contribution is 6.12. The van der Waals surface area contributed by atoms with Crippen LogP contribution in [0.4, 0.5) is 8.78 Å². The summed E-state index contributed by atoms with van der Waals surface area (Å²) in [5, 5.41) is 4.38. The van der Waals surface area contributed by atoms with Gasteiger partial charge in [-0.2, -0.15) is 13.9 Å². The molecule has 0 bridgehead atoms. The first-order valence-corrected chi connectivity index (χ1v) is 7.95. The fraction of sp³-hybridized carbons (Fsp3) is 0.278. The van der Waals surface area contributed by atoms with Crippen LogP contribution in [-0.2, 0) is 16.6 Å². The summed E-state index contributed by atoms with van der Waals surface area (Å²) in [5.74, 6) is -0.265. The summed E-state index contributed by atoms with van der Waals surface area (Å²) in [4.78, 5) is 16.3. The van der Waals surface area contributed by atoms with Crippen LogP contribution in [0.15, 0.2) is 41.2 Å². The Hall–Kier alpha value is -3.03. The summed E-state index contributed by atoms with van der Waals surface area (Å²) in [5.41, 5.74) is 2.28. The van der Waals surface area contributed by atoms with Crippen LogP contribution in [-0.4, -0.2) is 28.3 Å². The summed E-state index contributed by atoms with van der Waals surface area (Å²) in [6, 6.07) is 5.71. The molecule has 2 aromatic rings. The minimum atomic E-state index is -2.90. The molecule has 0 atom stereocenters. The number of carbonyl (C=O) groups excluding carboxylic acids is 1. The van der Waals surface area contributed by atoms with Crippen LogP contribution >= 0.6 is 0 Å². The van der Waals surface area contributed by atoms with Crippen molar-refractivity contribution < 1.29 is 23.0 Å². The molecule has 0 amide bonds. The second kappa shape index (κ2) is 7.07. The third-order valence-corrected chi connectivity index (χ3v) is 3.67. The van der Waals surface area contributed by atoms with E-state index in [1.807, 2.05) is 13.8 Å². The fourth-order valence-electron chi connectivity index (χ4n) is 2.54. The Morgan fingerprint density at radius 2 is 1.92 bits per heavy atom.